The van der Waals surface area contributed by atoms with Crippen molar-refractivity contribution in [3.63, 3.8) is 0 Å². The Balaban J connectivity index is 2.25. The van der Waals surface area contributed by atoms with E-state index in [-0.39, 0.29) is 17.8 Å². The van der Waals surface area contributed by atoms with Crippen molar-refractivity contribution in [2.75, 3.05) is 0 Å². The van der Waals surface area contributed by atoms with Crippen LogP contribution in [0.2, 0.25) is 0 Å². The van der Waals surface area contributed by atoms with E-state index in [0.717, 1.165) is 0 Å². The summed E-state index contributed by atoms with van der Waals surface area (Å²) < 4.78 is 0. The fourth-order valence-corrected chi connectivity index (χ4v) is 0.920. The fraction of sp³-hybridized carbons (Fsp3) is 0.833. The highest BCUT2D eigenvalue weighted by atomic mass is 16.3. The Morgan fingerprint density at radius 1 is 1.62 bits per heavy atom. The lowest BCUT2D eigenvalue weighted by atomic mass is 9.80. The van der Waals surface area contributed by atoms with E-state index in [0.29, 0.717) is 12.8 Å². The number of hydrogen-bond donors (Lipinski definition) is 1. The molecule has 1 N–H and O–H groups in total. The van der Waals surface area contributed by atoms with E-state index in [1.165, 1.54) is 0 Å². The minimum Gasteiger partial charge on any atom is -0.393 e. The van der Waals surface area contributed by atoms with Gasteiger partial charge in [0.1, 0.15) is 5.78 Å². The van der Waals surface area contributed by atoms with Crippen LogP contribution in [0.3, 0.4) is 0 Å². The molecule has 0 unspecified atom stereocenters. The van der Waals surface area contributed by atoms with Crippen molar-refractivity contribution >= 4 is 5.78 Å². The Bertz CT molecular complexity index is 103. The zero-order chi connectivity index (χ0) is 6.15. The zero-order valence-corrected chi connectivity index (χ0v) is 4.92. The molecule has 1 saturated carbocycles. The highest BCUT2D eigenvalue weighted by Gasteiger charge is 2.30. The van der Waals surface area contributed by atoms with Gasteiger partial charge in [-0.1, -0.05) is 0 Å². The van der Waals surface area contributed by atoms with Crippen molar-refractivity contribution in [3.05, 3.63) is 0 Å². The molecule has 1 rings (SSSR count). The van der Waals surface area contributed by atoms with Gasteiger partial charge in [0, 0.05) is 5.92 Å². The lowest BCUT2D eigenvalue weighted by Gasteiger charge is -2.28. The summed E-state index contributed by atoms with van der Waals surface area (Å²) in [7, 11) is 0. The summed E-state index contributed by atoms with van der Waals surface area (Å²) >= 11 is 0. The van der Waals surface area contributed by atoms with E-state index in [9.17, 15) is 4.79 Å². The van der Waals surface area contributed by atoms with Crippen LogP contribution < -0.4 is 0 Å². The number of carbonyl (C=O) groups is 1. The second kappa shape index (κ2) is 1.86. The van der Waals surface area contributed by atoms with Gasteiger partial charge in [0.05, 0.1) is 6.10 Å². The molecule has 8 heavy (non-hydrogen) atoms. The maximum atomic E-state index is 10.5. The van der Waals surface area contributed by atoms with Crippen molar-refractivity contribution in [2.24, 2.45) is 5.92 Å². The van der Waals surface area contributed by atoms with E-state index in [2.05, 4.69) is 0 Å². The van der Waals surface area contributed by atoms with E-state index < -0.39 is 0 Å². The number of Topliss-reactive ketones (excluding diaryl/α,β-unsaturated/α-hetero) is 1. The van der Waals surface area contributed by atoms with Gasteiger partial charge >= 0.3 is 0 Å². The molecule has 0 radical (unpaired) electrons. The first kappa shape index (κ1) is 5.76. The molecule has 0 bridgehead atoms. The zero-order valence-electron chi connectivity index (χ0n) is 4.92. The van der Waals surface area contributed by atoms with Crippen molar-refractivity contribution in [3.8, 4) is 0 Å². The van der Waals surface area contributed by atoms with Crippen LogP contribution in [0.25, 0.3) is 0 Å². The van der Waals surface area contributed by atoms with E-state index in [1.54, 1.807) is 6.92 Å². The van der Waals surface area contributed by atoms with Crippen molar-refractivity contribution < 1.29 is 9.90 Å². The molecule has 1 aliphatic carbocycles. The van der Waals surface area contributed by atoms with Gasteiger partial charge in [-0.15, -0.1) is 0 Å². The summed E-state index contributed by atoms with van der Waals surface area (Å²) in [5.74, 6) is 0.389. The molecule has 0 aliphatic heterocycles. The Labute approximate surface area is 48.5 Å². The topological polar surface area (TPSA) is 37.3 Å². The molecule has 0 aromatic rings. The van der Waals surface area contributed by atoms with Crippen LogP contribution >= 0.6 is 0 Å². The normalized spacial score (nSPS) is 36.2. The van der Waals surface area contributed by atoms with Gasteiger partial charge in [0.2, 0.25) is 0 Å². The molecule has 0 aromatic carbocycles. The summed E-state index contributed by atoms with van der Waals surface area (Å²) in [4.78, 5) is 10.5. The van der Waals surface area contributed by atoms with Gasteiger partial charge in [0.15, 0.2) is 0 Å². The molecule has 0 saturated heterocycles. The van der Waals surface area contributed by atoms with Gasteiger partial charge in [0.25, 0.3) is 0 Å². The molecule has 2 heteroatoms. The maximum absolute atomic E-state index is 10.5. The van der Waals surface area contributed by atoms with Crippen molar-refractivity contribution in [1.29, 1.82) is 0 Å². The van der Waals surface area contributed by atoms with Crippen LogP contribution in [0.4, 0.5) is 0 Å². The summed E-state index contributed by atoms with van der Waals surface area (Å²) in [6.45, 7) is 1.58. The smallest absolute Gasteiger partial charge is 0.133 e. The molecule has 0 atom stereocenters. The summed E-state index contributed by atoms with van der Waals surface area (Å²) in [5, 5.41) is 8.72. The molecule has 46 valence electrons. The van der Waals surface area contributed by atoms with Gasteiger partial charge in [-0.05, 0) is 19.8 Å². The number of rotatable bonds is 1. The quantitative estimate of drug-likeness (QED) is 0.534. The van der Waals surface area contributed by atoms with Gasteiger partial charge in [-0.2, -0.15) is 0 Å². The van der Waals surface area contributed by atoms with Gasteiger partial charge < -0.3 is 5.11 Å². The van der Waals surface area contributed by atoms with Crippen molar-refractivity contribution in [1.82, 2.24) is 0 Å². The SMILES string of the molecule is CC(=O)C1CC(O)C1. The molecule has 2 nitrogen and oxygen atoms in total. The van der Waals surface area contributed by atoms with Gasteiger partial charge in [-0.3, -0.25) is 4.79 Å². The molecule has 0 amide bonds. The monoisotopic (exact) mass is 114 g/mol. The number of aliphatic hydroxyl groups is 1. The predicted octanol–water partition coefficient (Wildman–Crippen LogP) is 0.346. The van der Waals surface area contributed by atoms with Crippen LogP contribution in [0.15, 0.2) is 0 Å². The minimum atomic E-state index is -0.191. The summed E-state index contributed by atoms with van der Waals surface area (Å²) in [6.07, 6.45) is 1.19. The largest absolute Gasteiger partial charge is 0.393 e. The maximum Gasteiger partial charge on any atom is 0.133 e. The predicted molar refractivity (Wildman–Crippen MR) is 29.4 cm³/mol. The number of ketones is 1. The number of hydrogen-bond acceptors (Lipinski definition) is 2. The fourth-order valence-electron chi connectivity index (χ4n) is 0.920. The van der Waals surface area contributed by atoms with Crippen LogP contribution in [0.1, 0.15) is 19.8 Å². The first-order chi connectivity index (χ1) is 3.70. The van der Waals surface area contributed by atoms with E-state index in [1.807, 2.05) is 0 Å². The third-order valence-electron chi connectivity index (χ3n) is 1.69. The Morgan fingerprint density at radius 2 is 2.12 bits per heavy atom. The van der Waals surface area contributed by atoms with E-state index in [4.69, 9.17) is 5.11 Å². The third kappa shape index (κ3) is 0.892. The van der Waals surface area contributed by atoms with Crippen LogP contribution in [0.5, 0.6) is 0 Å². The number of carbonyl (C=O) groups excluding carboxylic acids is 1. The standard InChI is InChI=1S/C6H10O2/c1-4(7)5-2-6(8)3-5/h5-6,8H,2-3H2,1H3. The highest BCUT2D eigenvalue weighted by molar-refractivity contribution is 5.79. The van der Waals surface area contributed by atoms with E-state index >= 15 is 0 Å². The average Bonchev–Trinajstić information content (AvgIpc) is 1.57. The second-order valence-electron chi connectivity index (χ2n) is 2.43. The Hall–Kier alpha value is -0.370. The lowest BCUT2D eigenvalue weighted by Crippen LogP contribution is -2.32. The first-order valence-electron chi connectivity index (χ1n) is 2.88. The first-order valence-corrected chi connectivity index (χ1v) is 2.88. The van der Waals surface area contributed by atoms with Gasteiger partial charge in [-0.25, -0.2) is 0 Å². The molecule has 0 spiro atoms. The summed E-state index contributed by atoms with van der Waals surface area (Å²) in [5.41, 5.74) is 0. The number of aliphatic hydroxyl groups excluding tert-OH is 1. The highest BCUT2D eigenvalue weighted by Crippen LogP contribution is 2.27. The molecule has 0 heterocycles. The average molecular weight is 114 g/mol. The minimum absolute atomic E-state index is 0.171. The van der Waals surface area contributed by atoms with Crippen molar-refractivity contribution in [2.45, 2.75) is 25.9 Å². The molecule has 1 fully saturated rings. The molecule has 0 aromatic heterocycles. The second-order valence-corrected chi connectivity index (χ2v) is 2.43. The lowest BCUT2D eigenvalue weighted by molar-refractivity contribution is -0.126. The Kier molecular flexibility index (Phi) is 1.34. The molecular formula is C6H10O2. The molecule has 1 aliphatic rings. The van der Waals surface area contributed by atoms with Crippen LogP contribution in [0, 0.1) is 5.92 Å². The van der Waals surface area contributed by atoms with Crippen LogP contribution in [-0.4, -0.2) is 17.0 Å². The third-order valence-corrected chi connectivity index (χ3v) is 1.69. The molecular weight excluding hydrogens is 104 g/mol. The summed E-state index contributed by atoms with van der Waals surface area (Å²) in [6, 6.07) is 0. The Morgan fingerprint density at radius 3 is 2.25 bits per heavy atom. The van der Waals surface area contributed by atoms with Crippen LogP contribution in [-0.2, 0) is 4.79 Å².